The molecule has 0 aliphatic rings. The molecule has 2 atom stereocenters. The minimum Gasteiger partial charge on any atom is -0.379 e. The van der Waals surface area contributed by atoms with Gasteiger partial charge in [-0.1, -0.05) is 131 Å². The molecule has 0 fully saturated rings. The first-order valence-corrected chi connectivity index (χ1v) is 15.3. The standard InChI is InChI=1S/C29H58NO2.C3H7.Cr/c1-7-10-12-14-16-18-20-22-24-29(5,6)28(31)30-26(4)27(9-3)32-25-23-21-19-17-15-13-11-8-2;1-3-2;/h26-27H,3,7-25H2,1-2,4-6H3,(H,30,31);1,3H2,2H3;/q2*-1;+2. The van der Waals surface area contributed by atoms with Crippen LogP contribution in [0.3, 0.4) is 0 Å². The van der Waals surface area contributed by atoms with Crippen molar-refractivity contribution >= 4 is 5.91 Å². The van der Waals surface area contributed by atoms with Crippen LogP contribution in [-0.4, -0.2) is 24.7 Å². The Kier molecular flexibility index (Phi) is 33.2. The number of unbranched alkanes of at least 4 members (excludes halogenated alkanes) is 14. The van der Waals surface area contributed by atoms with Crippen molar-refractivity contribution in [3.8, 4) is 0 Å². The molecule has 0 heterocycles. The van der Waals surface area contributed by atoms with E-state index in [9.17, 15) is 4.79 Å². The van der Waals surface area contributed by atoms with Gasteiger partial charge in [-0.2, -0.15) is 12.8 Å². The van der Waals surface area contributed by atoms with Crippen LogP contribution in [0.1, 0.15) is 164 Å². The van der Waals surface area contributed by atoms with E-state index in [0.717, 1.165) is 32.3 Å². The van der Waals surface area contributed by atoms with Crippen molar-refractivity contribution < 1.29 is 26.9 Å². The number of hydrogen-bond donors (Lipinski definition) is 1. The van der Waals surface area contributed by atoms with E-state index >= 15 is 0 Å². The number of amides is 1. The maximum Gasteiger partial charge on any atom is 2.00 e. The predicted molar refractivity (Wildman–Crippen MR) is 157 cm³/mol. The second kappa shape index (κ2) is 29.5. The number of rotatable bonds is 23. The minimum absolute atomic E-state index is 0. The van der Waals surface area contributed by atoms with Gasteiger partial charge in [0.2, 0.25) is 5.91 Å². The first-order valence-electron chi connectivity index (χ1n) is 15.3. The van der Waals surface area contributed by atoms with Gasteiger partial charge < -0.3 is 23.9 Å². The van der Waals surface area contributed by atoms with Crippen molar-refractivity contribution in [2.75, 3.05) is 6.61 Å². The number of ether oxygens (including phenoxy) is 1. The molecule has 36 heavy (non-hydrogen) atoms. The molecular formula is C32H65CrNO2. The third-order valence-electron chi connectivity index (χ3n) is 6.80. The van der Waals surface area contributed by atoms with E-state index in [1.54, 1.807) is 0 Å². The van der Waals surface area contributed by atoms with Gasteiger partial charge in [0.1, 0.15) is 0 Å². The van der Waals surface area contributed by atoms with Crippen LogP contribution in [0.2, 0.25) is 0 Å². The van der Waals surface area contributed by atoms with Crippen molar-refractivity contribution in [1.29, 1.82) is 0 Å². The minimum atomic E-state index is -0.319. The van der Waals surface area contributed by atoms with E-state index in [1.165, 1.54) is 89.9 Å². The predicted octanol–water partition coefficient (Wildman–Crippen LogP) is 10.0. The summed E-state index contributed by atoms with van der Waals surface area (Å²) >= 11 is 0. The maximum absolute atomic E-state index is 12.9. The van der Waals surface area contributed by atoms with E-state index in [1.807, 2.05) is 6.92 Å². The molecule has 0 saturated heterocycles. The fourth-order valence-corrected chi connectivity index (χ4v) is 4.26. The molecule has 0 aromatic rings. The summed E-state index contributed by atoms with van der Waals surface area (Å²) in [6, 6.07) is 0.00637. The Morgan fingerprint density at radius 1 is 0.750 bits per heavy atom. The van der Waals surface area contributed by atoms with Crippen LogP contribution in [0, 0.1) is 19.3 Å². The van der Waals surface area contributed by atoms with Gasteiger partial charge in [-0.05, 0) is 19.8 Å². The van der Waals surface area contributed by atoms with Gasteiger partial charge in [-0.25, -0.2) is 0 Å². The van der Waals surface area contributed by atoms with Gasteiger partial charge in [-0.15, -0.1) is 0 Å². The van der Waals surface area contributed by atoms with Crippen LogP contribution in [0.15, 0.2) is 0 Å². The van der Waals surface area contributed by atoms with E-state index in [-0.39, 0.29) is 40.8 Å². The zero-order valence-corrected chi connectivity index (χ0v) is 26.7. The Labute approximate surface area is 239 Å². The van der Waals surface area contributed by atoms with E-state index in [4.69, 9.17) is 4.74 Å². The Morgan fingerprint density at radius 2 is 1.14 bits per heavy atom. The normalized spacial score (nSPS) is 12.8. The number of nitrogens with one attached hydrogen (secondary N) is 1. The molecule has 0 spiro atoms. The largest absolute Gasteiger partial charge is 2.00 e. The van der Waals surface area contributed by atoms with Gasteiger partial charge in [0.05, 0.1) is 6.10 Å². The van der Waals surface area contributed by atoms with E-state index in [2.05, 4.69) is 53.8 Å². The summed E-state index contributed by atoms with van der Waals surface area (Å²) in [5.74, 6) is 0.155. The zero-order valence-electron chi connectivity index (χ0n) is 25.4. The van der Waals surface area contributed by atoms with E-state index in [0.29, 0.717) is 6.42 Å². The quantitative estimate of drug-likeness (QED) is 0.102. The number of hydrogen-bond acceptors (Lipinski definition) is 2. The molecular weight excluding hydrogens is 482 g/mol. The SMILES string of the molecule is [CH2-]CC.[CH2-]CC(OCCCCCCCCCC)C(C)NC(=O)C(C)(C)CCCCCCCCCC.[Cr+2]. The fourth-order valence-electron chi connectivity index (χ4n) is 4.26. The number of carbonyl (C=O) groups excluding carboxylic acids is 1. The van der Waals surface area contributed by atoms with Gasteiger partial charge in [0, 0.05) is 18.1 Å². The van der Waals surface area contributed by atoms with Crippen molar-refractivity contribution in [1.82, 2.24) is 5.32 Å². The van der Waals surface area contributed by atoms with Crippen molar-refractivity contribution in [2.45, 2.75) is 176 Å². The summed E-state index contributed by atoms with van der Waals surface area (Å²) in [6.07, 6.45) is 23.5. The third-order valence-corrected chi connectivity index (χ3v) is 6.80. The zero-order chi connectivity index (χ0) is 26.8. The molecule has 216 valence electrons. The molecule has 0 aromatic carbocycles. The van der Waals surface area contributed by atoms with Crippen molar-refractivity contribution in [3.05, 3.63) is 13.8 Å². The molecule has 0 aliphatic carbocycles. The van der Waals surface area contributed by atoms with Gasteiger partial charge in [0.25, 0.3) is 0 Å². The van der Waals surface area contributed by atoms with Crippen LogP contribution >= 0.6 is 0 Å². The summed E-state index contributed by atoms with van der Waals surface area (Å²) in [7, 11) is 0. The fraction of sp³-hybridized carbons (Fsp3) is 0.906. The molecule has 0 rings (SSSR count). The average Bonchev–Trinajstić information content (AvgIpc) is 2.82. The second-order valence-electron chi connectivity index (χ2n) is 11.0. The molecule has 0 saturated carbocycles. The molecule has 0 aliphatic heterocycles. The summed E-state index contributed by atoms with van der Waals surface area (Å²) < 4.78 is 6.09. The molecule has 0 radical (unpaired) electrons. The van der Waals surface area contributed by atoms with Crippen LogP contribution in [-0.2, 0) is 26.9 Å². The Hall–Kier alpha value is -0.0375. The smallest absolute Gasteiger partial charge is 0.379 e. The van der Waals surface area contributed by atoms with Gasteiger partial charge in [-0.3, -0.25) is 4.79 Å². The van der Waals surface area contributed by atoms with Crippen LogP contribution in [0.4, 0.5) is 0 Å². The first kappa shape index (κ1) is 40.5. The van der Waals surface area contributed by atoms with Crippen LogP contribution < -0.4 is 5.32 Å². The molecule has 0 aromatic heterocycles. The van der Waals surface area contributed by atoms with Crippen LogP contribution in [0.25, 0.3) is 0 Å². The summed E-state index contributed by atoms with van der Waals surface area (Å²) in [4.78, 5) is 12.9. The van der Waals surface area contributed by atoms with Crippen LogP contribution in [0.5, 0.6) is 0 Å². The van der Waals surface area contributed by atoms with Crippen molar-refractivity contribution in [2.24, 2.45) is 5.41 Å². The monoisotopic (exact) mass is 547 g/mol. The van der Waals surface area contributed by atoms with E-state index < -0.39 is 0 Å². The Balaban J connectivity index is -0.00000258. The molecule has 2 unspecified atom stereocenters. The number of carbonyl (C=O) groups is 1. The molecule has 4 heteroatoms. The van der Waals surface area contributed by atoms with Gasteiger partial charge in [0.15, 0.2) is 0 Å². The Bertz CT molecular complexity index is 442. The summed E-state index contributed by atoms with van der Waals surface area (Å²) in [6.45, 7) is 21.1. The molecule has 3 nitrogen and oxygen atoms in total. The molecule has 0 bridgehead atoms. The summed E-state index contributed by atoms with van der Waals surface area (Å²) in [5.41, 5.74) is -0.319. The maximum atomic E-state index is 12.9. The topological polar surface area (TPSA) is 38.3 Å². The average molecular weight is 548 g/mol. The summed E-state index contributed by atoms with van der Waals surface area (Å²) in [5, 5.41) is 3.22. The third kappa shape index (κ3) is 25.6. The molecule has 1 amide bonds. The van der Waals surface area contributed by atoms with Crippen molar-refractivity contribution in [3.63, 3.8) is 0 Å². The molecule has 1 N–H and O–H groups in total. The second-order valence-corrected chi connectivity index (χ2v) is 11.0. The first-order chi connectivity index (χ1) is 16.8. The van der Waals surface area contributed by atoms with Gasteiger partial charge >= 0.3 is 17.4 Å². The Morgan fingerprint density at radius 3 is 1.56 bits per heavy atom.